The number of aromatic nitrogens is 4. The van der Waals surface area contributed by atoms with E-state index >= 15 is 0 Å². The van der Waals surface area contributed by atoms with Gasteiger partial charge in [-0.05, 0) is 46.0 Å². The van der Waals surface area contributed by atoms with Crippen LogP contribution in [-0.2, 0) is 17.6 Å². The molecular weight excluding hydrogens is 340 g/mol. The van der Waals surface area contributed by atoms with Gasteiger partial charge in [-0.1, -0.05) is 24.3 Å². The Morgan fingerprint density at radius 2 is 1.80 bits per heavy atom. The molecular formula is C17H14N4O3S. The quantitative estimate of drug-likeness (QED) is 0.514. The Labute approximate surface area is 147 Å². The summed E-state index contributed by atoms with van der Waals surface area (Å²) in [6.45, 7) is 1.53. The second-order valence-electron chi connectivity index (χ2n) is 5.52. The van der Waals surface area contributed by atoms with Crippen molar-refractivity contribution in [1.82, 2.24) is 20.6 Å². The number of carbonyl (C=O) groups is 3. The van der Waals surface area contributed by atoms with Crippen LogP contribution in [0.3, 0.4) is 0 Å². The van der Waals surface area contributed by atoms with Crippen molar-refractivity contribution in [2.75, 3.05) is 0 Å². The predicted molar refractivity (Wildman–Crippen MR) is 90.8 cm³/mol. The standard InChI is InChI=1S/C17H14N4O3S/c1-10(22)12-4-2-11(3-5-12)6-13-8-25-9-14(13)7-15(23)16(24)17-18-20-21-19-17/h2-5,8-9H,6-7H2,1H3,(H,18,19,20,21). The number of tetrazole rings is 1. The summed E-state index contributed by atoms with van der Waals surface area (Å²) in [6.07, 6.45) is 0.623. The molecule has 1 N–H and O–H groups in total. The largest absolute Gasteiger partial charge is 0.295 e. The van der Waals surface area contributed by atoms with Crippen molar-refractivity contribution in [1.29, 1.82) is 0 Å². The molecule has 1 aromatic carbocycles. The van der Waals surface area contributed by atoms with Crippen molar-refractivity contribution < 1.29 is 14.4 Å². The number of nitrogens with one attached hydrogen (secondary N) is 1. The van der Waals surface area contributed by atoms with E-state index in [1.54, 1.807) is 12.1 Å². The molecule has 0 bridgehead atoms. The molecule has 0 aliphatic heterocycles. The zero-order valence-corrected chi connectivity index (χ0v) is 14.2. The van der Waals surface area contributed by atoms with Gasteiger partial charge in [0.25, 0.3) is 5.78 Å². The number of hydrogen-bond acceptors (Lipinski definition) is 7. The molecule has 8 heteroatoms. The lowest BCUT2D eigenvalue weighted by Gasteiger charge is -2.04. The highest BCUT2D eigenvalue weighted by Gasteiger charge is 2.22. The van der Waals surface area contributed by atoms with Crippen LogP contribution in [0, 0.1) is 0 Å². The number of Topliss-reactive ketones (excluding diaryl/α,β-unsaturated/α-hetero) is 3. The van der Waals surface area contributed by atoms with E-state index in [-0.39, 0.29) is 18.0 Å². The van der Waals surface area contributed by atoms with Crippen molar-refractivity contribution in [2.24, 2.45) is 0 Å². The minimum atomic E-state index is -0.753. The number of benzene rings is 1. The van der Waals surface area contributed by atoms with E-state index in [1.807, 2.05) is 22.9 Å². The third-order valence-electron chi connectivity index (χ3n) is 3.74. The van der Waals surface area contributed by atoms with Gasteiger partial charge in [-0.15, -0.1) is 10.2 Å². The Kier molecular flexibility index (Phi) is 4.90. The van der Waals surface area contributed by atoms with Crippen molar-refractivity contribution in [2.45, 2.75) is 19.8 Å². The predicted octanol–water partition coefficient (Wildman–Crippen LogP) is 2.05. The fourth-order valence-corrected chi connectivity index (χ4v) is 3.24. The molecule has 0 saturated heterocycles. The van der Waals surface area contributed by atoms with E-state index < -0.39 is 11.6 Å². The number of thiophene rings is 1. The monoisotopic (exact) mass is 354 g/mol. The first-order valence-corrected chi connectivity index (χ1v) is 8.43. The summed E-state index contributed by atoms with van der Waals surface area (Å²) in [5, 5.41) is 16.3. The summed E-state index contributed by atoms with van der Waals surface area (Å²) >= 11 is 1.48. The Morgan fingerprint density at radius 1 is 1.08 bits per heavy atom. The second-order valence-corrected chi connectivity index (χ2v) is 6.26. The van der Waals surface area contributed by atoms with E-state index in [9.17, 15) is 14.4 Å². The smallest absolute Gasteiger partial charge is 0.269 e. The normalized spacial score (nSPS) is 10.6. The van der Waals surface area contributed by atoms with Crippen LogP contribution in [-0.4, -0.2) is 38.0 Å². The lowest BCUT2D eigenvalue weighted by Crippen LogP contribution is -2.18. The van der Waals surface area contributed by atoms with Gasteiger partial charge in [-0.3, -0.25) is 14.4 Å². The maximum absolute atomic E-state index is 12.1. The van der Waals surface area contributed by atoms with Crippen LogP contribution >= 0.6 is 11.3 Å². The maximum atomic E-state index is 12.1. The fraction of sp³-hybridized carbons (Fsp3) is 0.176. The van der Waals surface area contributed by atoms with Crippen molar-refractivity contribution in [3.8, 4) is 0 Å². The van der Waals surface area contributed by atoms with Crippen molar-refractivity contribution >= 4 is 28.7 Å². The number of H-pyrrole nitrogens is 1. The summed E-state index contributed by atoms with van der Waals surface area (Å²) in [6, 6.07) is 7.36. The Bertz CT molecular complexity index is 914. The number of nitrogens with zero attached hydrogens (tertiary/aromatic N) is 3. The summed E-state index contributed by atoms with van der Waals surface area (Å²) in [7, 11) is 0. The molecule has 0 atom stereocenters. The van der Waals surface area contributed by atoms with Gasteiger partial charge < -0.3 is 0 Å². The van der Waals surface area contributed by atoms with Crippen LogP contribution < -0.4 is 0 Å². The SMILES string of the molecule is CC(=O)c1ccc(Cc2cscc2CC(=O)C(=O)c2nn[nH]n2)cc1. The van der Waals surface area contributed by atoms with Crippen LogP contribution in [0.15, 0.2) is 35.0 Å². The topological polar surface area (TPSA) is 106 Å². The minimum absolute atomic E-state index is 0.00225. The molecule has 0 fully saturated rings. The van der Waals surface area contributed by atoms with Gasteiger partial charge in [0.2, 0.25) is 11.6 Å². The van der Waals surface area contributed by atoms with E-state index in [4.69, 9.17) is 0 Å². The van der Waals surface area contributed by atoms with Crippen molar-refractivity contribution in [3.63, 3.8) is 0 Å². The molecule has 3 rings (SSSR count). The molecule has 0 amide bonds. The number of ketones is 3. The van der Waals surface area contributed by atoms with Crippen LogP contribution in [0.1, 0.15) is 44.6 Å². The molecule has 0 saturated carbocycles. The van der Waals surface area contributed by atoms with Gasteiger partial charge in [0.05, 0.1) is 0 Å². The summed E-state index contributed by atoms with van der Waals surface area (Å²) in [5.74, 6) is -1.53. The maximum Gasteiger partial charge on any atom is 0.269 e. The molecule has 0 aliphatic rings. The molecule has 0 spiro atoms. The zero-order valence-electron chi connectivity index (χ0n) is 13.4. The first-order chi connectivity index (χ1) is 12.0. The zero-order chi connectivity index (χ0) is 17.8. The van der Waals surface area contributed by atoms with Crippen LogP contribution in [0.4, 0.5) is 0 Å². The number of aromatic amines is 1. The second kappa shape index (κ2) is 7.27. The molecule has 25 heavy (non-hydrogen) atoms. The first kappa shape index (κ1) is 16.8. The van der Waals surface area contributed by atoms with Crippen molar-refractivity contribution in [3.05, 3.63) is 63.1 Å². The first-order valence-electron chi connectivity index (χ1n) is 7.49. The fourth-order valence-electron chi connectivity index (χ4n) is 2.37. The highest BCUT2D eigenvalue weighted by molar-refractivity contribution is 7.08. The number of rotatable bonds is 7. The molecule has 3 aromatic rings. The minimum Gasteiger partial charge on any atom is -0.295 e. The lowest BCUT2D eigenvalue weighted by molar-refractivity contribution is -0.114. The van der Waals surface area contributed by atoms with Gasteiger partial charge in [0.15, 0.2) is 5.78 Å². The van der Waals surface area contributed by atoms with E-state index in [1.165, 1.54) is 18.3 Å². The van der Waals surface area contributed by atoms with Crippen LogP contribution in [0.2, 0.25) is 0 Å². The third-order valence-corrected chi connectivity index (χ3v) is 4.58. The Hall–Kier alpha value is -3.00. The Balaban J connectivity index is 1.71. The summed E-state index contributed by atoms with van der Waals surface area (Å²) in [4.78, 5) is 35.4. The highest BCUT2D eigenvalue weighted by Crippen LogP contribution is 2.20. The van der Waals surface area contributed by atoms with E-state index in [0.717, 1.165) is 16.7 Å². The van der Waals surface area contributed by atoms with Gasteiger partial charge in [0.1, 0.15) is 0 Å². The summed E-state index contributed by atoms with van der Waals surface area (Å²) < 4.78 is 0. The number of carbonyl (C=O) groups excluding carboxylic acids is 3. The third kappa shape index (κ3) is 3.92. The highest BCUT2D eigenvalue weighted by atomic mass is 32.1. The molecule has 7 nitrogen and oxygen atoms in total. The summed E-state index contributed by atoms with van der Waals surface area (Å²) in [5.41, 5.74) is 3.48. The van der Waals surface area contributed by atoms with Gasteiger partial charge in [0, 0.05) is 12.0 Å². The lowest BCUT2D eigenvalue weighted by atomic mass is 9.99. The number of hydrogen-bond donors (Lipinski definition) is 1. The average Bonchev–Trinajstić information content (AvgIpc) is 3.27. The van der Waals surface area contributed by atoms with Gasteiger partial charge in [-0.2, -0.15) is 16.6 Å². The van der Waals surface area contributed by atoms with Gasteiger partial charge >= 0.3 is 0 Å². The molecule has 126 valence electrons. The van der Waals surface area contributed by atoms with E-state index in [2.05, 4.69) is 20.6 Å². The van der Waals surface area contributed by atoms with Gasteiger partial charge in [-0.25, -0.2) is 0 Å². The average molecular weight is 354 g/mol. The van der Waals surface area contributed by atoms with Crippen LogP contribution in [0.5, 0.6) is 0 Å². The molecule has 2 aromatic heterocycles. The molecule has 0 radical (unpaired) electrons. The van der Waals surface area contributed by atoms with Crippen LogP contribution in [0.25, 0.3) is 0 Å². The molecule has 0 aliphatic carbocycles. The van der Waals surface area contributed by atoms with E-state index in [0.29, 0.717) is 12.0 Å². The molecule has 2 heterocycles. The molecule has 0 unspecified atom stereocenters. The Morgan fingerprint density at radius 3 is 2.44 bits per heavy atom.